The van der Waals surface area contributed by atoms with Gasteiger partial charge in [-0.05, 0) is 83.5 Å². The molecule has 0 aliphatic rings. The monoisotopic (exact) mass is 737 g/mol. The summed E-state index contributed by atoms with van der Waals surface area (Å²) >= 11 is 0. The molecule has 0 saturated heterocycles. The highest BCUT2D eigenvalue weighted by atomic mass is 16.6. The molecule has 300 valence electrons. The Morgan fingerprint density at radius 1 is 0.396 bits per heavy atom. The molecule has 0 heterocycles. The molecule has 0 radical (unpaired) electrons. The predicted octanol–water partition coefficient (Wildman–Crippen LogP) is 13.3. The van der Waals surface area contributed by atoms with E-state index in [2.05, 4.69) is 106 Å². The molecule has 1 unspecified atom stereocenters. The fraction of sp³-hybridized carbons (Fsp3) is 0.638. The maximum absolute atomic E-state index is 12.6. The lowest BCUT2D eigenvalue weighted by atomic mass is 10.1. The Balaban J connectivity index is 4.47. The first-order valence-electron chi connectivity index (χ1n) is 21.1. The summed E-state index contributed by atoms with van der Waals surface area (Å²) in [6, 6.07) is 0. The fourth-order valence-corrected chi connectivity index (χ4v) is 5.28. The van der Waals surface area contributed by atoms with Crippen LogP contribution in [0.15, 0.2) is 85.1 Å². The summed E-state index contributed by atoms with van der Waals surface area (Å²) in [7, 11) is 0. The third-order valence-corrected chi connectivity index (χ3v) is 8.40. The standard InChI is InChI=1S/C47H76O6/c1-4-7-10-13-16-19-20-21-22-23-24-25-26-29-31-34-37-40-46(49)52-43-44(53-47(50)41-38-35-32-28-18-15-12-9-6-3)42-51-45(48)39-36-33-30-27-17-14-11-8-5-2/h7,9-10,12,16,18-19,21-22,24-25,28-29,31,44H,4-6,8,11,13-15,17,20,23,26-27,30,32-43H2,1-3H3/b10-7-,12-9-,19-16-,22-21-,25-24-,28-18-,31-29-. The van der Waals surface area contributed by atoms with Crippen molar-refractivity contribution in [3.8, 4) is 0 Å². The van der Waals surface area contributed by atoms with E-state index in [0.717, 1.165) is 83.5 Å². The van der Waals surface area contributed by atoms with Crippen LogP contribution in [0.5, 0.6) is 0 Å². The van der Waals surface area contributed by atoms with Crippen molar-refractivity contribution in [2.24, 2.45) is 0 Å². The van der Waals surface area contributed by atoms with E-state index in [4.69, 9.17) is 14.2 Å². The smallest absolute Gasteiger partial charge is 0.306 e. The number of unbranched alkanes of at least 4 members (excludes halogenated alkanes) is 11. The minimum atomic E-state index is -0.810. The number of carbonyl (C=O) groups is 3. The Morgan fingerprint density at radius 2 is 0.755 bits per heavy atom. The molecule has 0 aliphatic carbocycles. The lowest BCUT2D eigenvalue weighted by molar-refractivity contribution is -0.167. The van der Waals surface area contributed by atoms with Gasteiger partial charge in [-0.15, -0.1) is 0 Å². The molecular weight excluding hydrogens is 661 g/mol. The first-order valence-corrected chi connectivity index (χ1v) is 21.1. The molecule has 0 aromatic heterocycles. The molecule has 0 spiro atoms. The van der Waals surface area contributed by atoms with Crippen LogP contribution in [-0.2, 0) is 28.6 Å². The lowest BCUT2D eigenvalue weighted by Crippen LogP contribution is -2.30. The van der Waals surface area contributed by atoms with Crippen LogP contribution in [0.1, 0.15) is 175 Å². The second-order valence-corrected chi connectivity index (χ2v) is 13.5. The molecule has 6 nitrogen and oxygen atoms in total. The number of ether oxygens (including phenoxy) is 3. The molecule has 0 rings (SSSR count). The fourth-order valence-electron chi connectivity index (χ4n) is 5.28. The van der Waals surface area contributed by atoms with Crippen molar-refractivity contribution in [2.45, 2.75) is 181 Å². The van der Waals surface area contributed by atoms with Crippen molar-refractivity contribution >= 4 is 17.9 Å². The topological polar surface area (TPSA) is 78.9 Å². The number of allylic oxidation sites excluding steroid dienone is 14. The molecule has 53 heavy (non-hydrogen) atoms. The lowest BCUT2D eigenvalue weighted by Gasteiger charge is -2.18. The van der Waals surface area contributed by atoms with Crippen LogP contribution in [0.3, 0.4) is 0 Å². The Kier molecular flexibility index (Phi) is 38.7. The van der Waals surface area contributed by atoms with Crippen molar-refractivity contribution in [3.05, 3.63) is 85.1 Å². The zero-order valence-electron chi connectivity index (χ0n) is 34.0. The first kappa shape index (κ1) is 49.6. The average Bonchev–Trinajstić information content (AvgIpc) is 3.15. The van der Waals surface area contributed by atoms with Crippen molar-refractivity contribution in [2.75, 3.05) is 13.2 Å². The van der Waals surface area contributed by atoms with E-state index in [9.17, 15) is 14.4 Å². The summed E-state index contributed by atoms with van der Waals surface area (Å²) in [5, 5.41) is 0. The third-order valence-electron chi connectivity index (χ3n) is 8.40. The molecule has 1 atom stereocenters. The average molecular weight is 737 g/mol. The van der Waals surface area contributed by atoms with E-state index in [1.165, 1.54) is 38.5 Å². The van der Waals surface area contributed by atoms with E-state index in [1.807, 2.05) is 0 Å². The van der Waals surface area contributed by atoms with E-state index >= 15 is 0 Å². The molecule has 0 fully saturated rings. The van der Waals surface area contributed by atoms with Crippen molar-refractivity contribution in [1.82, 2.24) is 0 Å². The Labute approximate surface area is 325 Å². The number of carbonyl (C=O) groups excluding carboxylic acids is 3. The van der Waals surface area contributed by atoms with Gasteiger partial charge in [0.1, 0.15) is 13.2 Å². The van der Waals surface area contributed by atoms with Crippen molar-refractivity contribution < 1.29 is 28.6 Å². The van der Waals surface area contributed by atoms with Gasteiger partial charge < -0.3 is 14.2 Å². The van der Waals surface area contributed by atoms with Crippen molar-refractivity contribution in [3.63, 3.8) is 0 Å². The summed E-state index contributed by atoms with van der Waals surface area (Å²) in [6.45, 7) is 6.26. The zero-order chi connectivity index (χ0) is 38.7. The summed E-state index contributed by atoms with van der Waals surface area (Å²) in [4.78, 5) is 37.5. The van der Waals surface area contributed by atoms with Gasteiger partial charge in [-0.3, -0.25) is 14.4 Å². The SMILES string of the molecule is CC/C=C\C/C=C\C/C=C\C/C=C\C/C=C\CCCC(=O)OCC(COC(=O)CCCCCCCCCCC)OC(=O)CCCC/C=C\C/C=C\CC. The van der Waals surface area contributed by atoms with Crippen LogP contribution in [0.4, 0.5) is 0 Å². The minimum absolute atomic E-state index is 0.108. The molecule has 0 aliphatic heterocycles. The van der Waals surface area contributed by atoms with Gasteiger partial charge in [-0.25, -0.2) is 0 Å². The maximum Gasteiger partial charge on any atom is 0.306 e. The molecule has 0 aromatic carbocycles. The molecule has 0 bridgehead atoms. The van der Waals surface area contributed by atoms with Crippen LogP contribution in [0, 0.1) is 0 Å². The second kappa shape index (κ2) is 41.3. The van der Waals surface area contributed by atoms with Gasteiger partial charge in [-0.2, -0.15) is 0 Å². The third kappa shape index (κ3) is 39.6. The molecule has 0 saturated carbocycles. The van der Waals surface area contributed by atoms with Crippen LogP contribution in [0.2, 0.25) is 0 Å². The molecule has 6 heteroatoms. The summed E-state index contributed by atoms with van der Waals surface area (Å²) in [6.07, 6.45) is 51.6. The first-order chi connectivity index (χ1) is 26.0. The highest BCUT2D eigenvalue weighted by Crippen LogP contribution is 2.12. The Bertz CT molecular complexity index is 1080. The van der Waals surface area contributed by atoms with Crippen LogP contribution in [0.25, 0.3) is 0 Å². The van der Waals surface area contributed by atoms with Gasteiger partial charge >= 0.3 is 17.9 Å². The number of rotatable bonds is 36. The maximum atomic E-state index is 12.6. The Hall–Kier alpha value is -3.41. The number of hydrogen-bond donors (Lipinski definition) is 0. The highest BCUT2D eigenvalue weighted by molar-refractivity contribution is 5.71. The highest BCUT2D eigenvalue weighted by Gasteiger charge is 2.19. The van der Waals surface area contributed by atoms with Crippen molar-refractivity contribution in [1.29, 1.82) is 0 Å². The second-order valence-electron chi connectivity index (χ2n) is 13.5. The molecule has 0 amide bonds. The van der Waals surface area contributed by atoms with E-state index < -0.39 is 6.10 Å². The normalized spacial score (nSPS) is 12.9. The predicted molar refractivity (Wildman–Crippen MR) is 224 cm³/mol. The summed E-state index contributed by atoms with van der Waals surface area (Å²) in [5.41, 5.74) is 0. The van der Waals surface area contributed by atoms with Gasteiger partial charge in [0, 0.05) is 19.3 Å². The zero-order valence-corrected chi connectivity index (χ0v) is 34.0. The van der Waals surface area contributed by atoms with Gasteiger partial charge in [0.25, 0.3) is 0 Å². The van der Waals surface area contributed by atoms with Gasteiger partial charge in [-0.1, -0.05) is 157 Å². The van der Waals surface area contributed by atoms with Gasteiger partial charge in [0.2, 0.25) is 0 Å². The Morgan fingerprint density at radius 3 is 1.23 bits per heavy atom. The van der Waals surface area contributed by atoms with E-state index in [1.54, 1.807) is 0 Å². The quantitative estimate of drug-likeness (QED) is 0.0276. The molecule has 0 N–H and O–H groups in total. The van der Waals surface area contributed by atoms with Gasteiger partial charge in [0.05, 0.1) is 0 Å². The number of hydrogen-bond acceptors (Lipinski definition) is 6. The summed E-state index contributed by atoms with van der Waals surface area (Å²) < 4.78 is 16.5. The van der Waals surface area contributed by atoms with E-state index in [-0.39, 0.29) is 44.0 Å². The minimum Gasteiger partial charge on any atom is -0.462 e. The summed E-state index contributed by atoms with van der Waals surface area (Å²) in [5.74, 6) is -1.02. The van der Waals surface area contributed by atoms with E-state index in [0.29, 0.717) is 19.3 Å². The van der Waals surface area contributed by atoms with Crippen LogP contribution in [-0.4, -0.2) is 37.2 Å². The largest absolute Gasteiger partial charge is 0.462 e. The molecular formula is C47H76O6. The van der Waals surface area contributed by atoms with Crippen LogP contribution >= 0.6 is 0 Å². The van der Waals surface area contributed by atoms with Gasteiger partial charge in [0.15, 0.2) is 6.10 Å². The number of esters is 3. The molecule has 0 aromatic rings. The van der Waals surface area contributed by atoms with Crippen LogP contribution < -0.4 is 0 Å².